The molecule has 4 aliphatic carbocycles. The van der Waals surface area contributed by atoms with Gasteiger partial charge >= 0.3 is 5.97 Å². The van der Waals surface area contributed by atoms with Crippen molar-refractivity contribution in [1.29, 1.82) is 0 Å². The predicted molar refractivity (Wildman–Crippen MR) is 126 cm³/mol. The summed E-state index contributed by atoms with van der Waals surface area (Å²) in [6, 6.07) is 0. The van der Waals surface area contributed by atoms with Crippen LogP contribution in [0.1, 0.15) is 72.6 Å². The molecule has 5 fully saturated rings. The number of esters is 1. The molecule has 0 aromatic carbocycles. The second kappa shape index (κ2) is 7.62. The highest BCUT2D eigenvalue weighted by Crippen LogP contribution is 2.73. The van der Waals surface area contributed by atoms with E-state index >= 15 is 0 Å². The molecule has 0 aromatic heterocycles. The zero-order valence-electron chi connectivity index (χ0n) is 21.3. The lowest BCUT2D eigenvalue weighted by atomic mass is 9.43. The summed E-state index contributed by atoms with van der Waals surface area (Å²) >= 11 is 0. The smallest absolute Gasteiger partial charge is 0.336 e. The molecule has 2 aliphatic heterocycles. The molecule has 0 aromatic rings. The van der Waals surface area contributed by atoms with Crippen molar-refractivity contribution >= 4 is 11.8 Å². The first-order chi connectivity index (χ1) is 16.5. The number of cyclic esters (lactones) is 1. The van der Waals surface area contributed by atoms with Gasteiger partial charge in [0.2, 0.25) is 0 Å². The van der Waals surface area contributed by atoms with Gasteiger partial charge in [-0.1, -0.05) is 19.4 Å². The van der Waals surface area contributed by atoms with Gasteiger partial charge in [0, 0.05) is 12.8 Å². The van der Waals surface area contributed by atoms with Crippen LogP contribution < -0.4 is 0 Å². The van der Waals surface area contributed by atoms with E-state index in [1.54, 1.807) is 0 Å². The van der Waals surface area contributed by atoms with Gasteiger partial charge in [-0.05, 0) is 81.0 Å². The molecule has 2 unspecified atom stereocenters. The number of ketones is 1. The van der Waals surface area contributed by atoms with Crippen molar-refractivity contribution in [3.05, 3.63) is 11.1 Å². The fourth-order valence-electron chi connectivity index (χ4n) is 10.0. The van der Waals surface area contributed by atoms with Gasteiger partial charge < -0.3 is 24.8 Å². The van der Waals surface area contributed by atoms with Crippen molar-refractivity contribution in [2.45, 2.75) is 103 Å². The number of rotatable bonds is 3. The van der Waals surface area contributed by atoms with Gasteiger partial charge in [-0.2, -0.15) is 0 Å². The number of ether oxygens (including phenoxy) is 2. The molecule has 35 heavy (non-hydrogen) atoms. The first-order valence-corrected chi connectivity index (χ1v) is 13.6. The molecule has 1 spiro atoms. The monoisotopic (exact) mass is 488 g/mol. The standard InChI is InChI=1S/C28H40O7/c1-13-9-21(34-25(33)16(13)12-29)14(2)17-5-6-18-15-10-23-28(35-23)24(32)20(30)11-22(31)27(28,4)19(15)7-8-26(17,18)3/h14-15,17-21,23-24,29-30,32H,5-12H2,1-4H3/t14-,15-,17?,18-,19-,20-,21?,23+,24-,26+,27-,28-/m0/s1. The van der Waals surface area contributed by atoms with Crippen LogP contribution in [0.5, 0.6) is 0 Å². The lowest BCUT2D eigenvalue weighted by molar-refractivity contribution is -0.180. The van der Waals surface area contributed by atoms with Gasteiger partial charge in [0.05, 0.1) is 29.8 Å². The fourth-order valence-corrected chi connectivity index (χ4v) is 10.0. The number of hydrogen-bond acceptors (Lipinski definition) is 7. The number of aliphatic hydroxyl groups excluding tert-OH is 3. The maximum absolute atomic E-state index is 13.4. The highest BCUT2D eigenvalue weighted by atomic mass is 16.6. The number of fused-ring (bicyclic) bond motifs is 4. The summed E-state index contributed by atoms with van der Waals surface area (Å²) in [4.78, 5) is 25.9. The van der Waals surface area contributed by atoms with Crippen molar-refractivity contribution in [3.63, 3.8) is 0 Å². The van der Waals surface area contributed by atoms with E-state index in [0.717, 1.165) is 37.7 Å². The third kappa shape index (κ3) is 2.87. The molecule has 4 saturated carbocycles. The fraction of sp³-hybridized carbons (Fsp3) is 0.857. The minimum atomic E-state index is -1.04. The van der Waals surface area contributed by atoms with Crippen molar-refractivity contribution in [1.82, 2.24) is 0 Å². The highest BCUT2D eigenvalue weighted by Gasteiger charge is 2.82. The summed E-state index contributed by atoms with van der Waals surface area (Å²) in [5.74, 6) is 1.29. The molecule has 7 heteroatoms. The van der Waals surface area contributed by atoms with Crippen LogP contribution in [0.25, 0.3) is 0 Å². The first-order valence-electron chi connectivity index (χ1n) is 13.6. The molecule has 6 rings (SSSR count). The number of aliphatic hydroxyl groups is 3. The van der Waals surface area contributed by atoms with Crippen LogP contribution in [-0.4, -0.2) is 63.7 Å². The summed E-state index contributed by atoms with van der Waals surface area (Å²) in [6.07, 6.45) is 3.27. The zero-order chi connectivity index (χ0) is 25.1. The summed E-state index contributed by atoms with van der Waals surface area (Å²) in [7, 11) is 0. The van der Waals surface area contributed by atoms with E-state index in [0.29, 0.717) is 29.7 Å². The number of hydrogen-bond donors (Lipinski definition) is 3. The zero-order valence-corrected chi connectivity index (χ0v) is 21.3. The van der Waals surface area contributed by atoms with Crippen LogP contribution in [0.2, 0.25) is 0 Å². The Morgan fingerprint density at radius 1 is 1.09 bits per heavy atom. The molecule has 194 valence electrons. The number of carbonyl (C=O) groups excluding carboxylic acids is 2. The average Bonchev–Trinajstić information content (AvgIpc) is 3.44. The highest BCUT2D eigenvalue weighted by molar-refractivity contribution is 5.90. The quantitative estimate of drug-likeness (QED) is 0.413. The van der Waals surface area contributed by atoms with Crippen molar-refractivity contribution in [2.75, 3.05) is 6.61 Å². The second-order valence-corrected chi connectivity index (χ2v) is 13.0. The topological polar surface area (TPSA) is 117 Å². The minimum absolute atomic E-state index is 0.00997. The van der Waals surface area contributed by atoms with Crippen LogP contribution in [-0.2, 0) is 19.1 Å². The molecule has 0 radical (unpaired) electrons. The van der Waals surface area contributed by atoms with Crippen LogP contribution in [0.4, 0.5) is 0 Å². The van der Waals surface area contributed by atoms with Gasteiger partial charge in [0.15, 0.2) is 0 Å². The maximum Gasteiger partial charge on any atom is 0.336 e. The first kappa shape index (κ1) is 24.1. The van der Waals surface area contributed by atoms with E-state index in [2.05, 4.69) is 13.8 Å². The third-order valence-corrected chi connectivity index (χ3v) is 12.0. The molecule has 3 N–H and O–H groups in total. The van der Waals surface area contributed by atoms with Crippen LogP contribution in [0, 0.1) is 40.4 Å². The number of epoxide rings is 1. The van der Waals surface area contributed by atoms with Crippen molar-refractivity contribution < 1.29 is 34.4 Å². The van der Waals surface area contributed by atoms with E-state index in [4.69, 9.17) is 9.47 Å². The summed E-state index contributed by atoms with van der Waals surface area (Å²) in [5, 5.41) is 30.8. The Labute approximate surface area is 207 Å². The van der Waals surface area contributed by atoms with Crippen LogP contribution in [0.15, 0.2) is 11.1 Å². The summed E-state index contributed by atoms with van der Waals surface area (Å²) < 4.78 is 12.0. The minimum Gasteiger partial charge on any atom is -0.458 e. The third-order valence-electron chi connectivity index (χ3n) is 12.0. The predicted octanol–water partition coefficient (Wildman–Crippen LogP) is 2.55. The number of Topliss-reactive ketones (excluding diaryl/α,β-unsaturated/α-hetero) is 1. The van der Waals surface area contributed by atoms with E-state index in [1.807, 2.05) is 13.8 Å². The van der Waals surface area contributed by atoms with Crippen molar-refractivity contribution in [3.8, 4) is 0 Å². The molecule has 7 nitrogen and oxygen atoms in total. The Morgan fingerprint density at radius 3 is 2.51 bits per heavy atom. The van der Waals surface area contributed by atoms with Gasteiger partial charge in [-0.15, -0.1) is 0 Å². The Kier molecular flexibility index (Phi) is 5.24. The van der Waals surface area contributed by atoms with Gasteiger partial charge in [-0.3, -0.25) is 4.79 Å². The molecule has 0 amide bonds. The number of carbonyl (C=O) groups is 2. The molecule has 2 heterocycles. The average molecular weight is 489 g/mol. The Bertz CT molecular complexity index is 990. The Balaban J connectivity index is 1.27. The van der Waals surface area contributed by atoms with Crippen LogP contribution in [0.3, 0.4) is 0 Å². The van der Waals surface area contributed by atoms with E-state index in [9.17, 15) is 24.9 Å². The molecular formula is C28H40O7. The van der Waals surface area contributed by atoms with Gasteiger partial charge in [-0.25, -0.2) is 4.79 Å². The van der Waals surface area contributed by atoms with E-state index < -0.39 is 23.2 Å². The summed E-state index contributed by atoms with van der Waals surface area (Å²) in [6.45, 7) is 8.29. The second-order valence-electron chi connectivity index (χ2n) is 13.0. The van der Waals surface area contributed by atoms with E-state index in [-0.39, 0.29) is 54.2 Å². The largest absolute Gasteiger partial charge is 0.458 e. The van der Waals surface area contributed by atoms with Gasteiger partial charge in [0.25, 0.3) is 0 Å². The maximum atomic E-state index is 13.4. The molecule has 6 aliphatic rings. The van der Waals surface area contributed by atoms with Gasteiger partial charge in [0.1, 0.15) is 23.6 Å². The van der Waals surface area contributed by atoms with Crippen LogP contribution >= 0.6 is 0 Å². The molecule has 0 bridgehead atoms. The lowest BCUT2D eigenvalue weighted by Gasteiger charge is -2.59. The SMILES string of the molecule is CC1=C(CO)C(=O)OC([C@@H](C)C2CC[C@H]3[C@@H]4C[C@H]5O[C@]56[C@@H](O)[C@@H](O)CC(=O)[C@]6(C)[C@H]4CC[C@]23C)C1. The van der Waals surface area contributed by atoms with E-state index in [1.165, 1.54) is 0 Å². The molecule has 12 atom stereocenters. The normalized spacial score (nSPS) is 53.8. The molecule has 1 saturated heterocycles. The molecular weight excluding hydrogens is 448 g/mol. The lowest BCUT2D eigenvalue weighted by Crippen LogP contribution is -2.68. The Morgan fingerprint density at radius 2 is 1.83 bits per heavy atom. The van der Waals surface area contributed by atoms with Crippen molar-refractivity contribution in [2.24, 2.45) is 40.4 Å². The Hall–Kier alpha value is -1.28. The summed E-state index contributed by atoms with van der Waals surface area (Å²) in [5.41, 5.74) is -0.221.